The minimum Gasteiger partial charge on any atom is -0.368 e. The van der Waals surface area contributed by atoms with Gasteiger partial charge in [-0.3, -0.25) is 0 Å². The van der Waals surface area contributed by atoms with E-state index in [2.05, 4.69) is 6.58 Å². The maximum atomic E-state index is 6.02. The lowest BCUT2D eigenvalue weighted by molar-refractivity contribution is -0.368. The molecule has 3 aliphatic rings. The summed E-state index contributed by atoms with van der Waals surface area (Å²) in [5.41, 5.74) is 0. The van der Waals surface area contributed by atoms with Gasteiger partial charge < -0.3 is 28.4 Å². The van der Waals surface area contributed by atoms with Crippen molar-refractivity contribution in [1.29, 1.82) is 0 Å². The lowest BCUT2D eigenvalue weighted by atomic mass is 9.97. The van der Waals surface area contributed by atoms with Crippen molar-refractivity contribution in [2.45, 2.75) is 70.0 Å². The summed E-state index contributed by atoms with van der Waals surface area (Å²) in [4.78, 5) is 0. The van der Waals surface area contributed by atoms with Crippen LogP contribution in [0.3, 0.4) is 0 Å². The average Bonchev–Trinajstić information content (AvgIpc) is 2.68. The van der Waals surface area contributed by atoms with E-state index in [0.717, 1.165) is 0 Å². The predicted molar refractivity (Wildman–Crippen MR) is 73.5 cm³/mol. The standard InChI is InChI=1S/C15H24O6/c1-6-7-16-11-10-9(8-17-14(2,3)19-10)18-13-12(11)20-15(4,5)21-13/h6,9-13H,1,7-8H2,2-5H3/t9-,10-,11+,12+,13+/m1/s1. The molecule has 0 radical (unpaired) electrons. The van der Waals surface area contributed by atoms with Gasteiger partial charge in [0.1, 0.15) is 24.4 Å². The fourth-order valence-electron chi connectivity index (χ4n) is 3.02. The Balaban J connectivity index is 1.83. The van der Waals surface area contributed by atoms with Crippen molar-refractivity contribution < 1.29 is 28.4 Å². The summed E-state index contributed by atoms with van der Waals surface area (Å²) in [6.45, 7) is 12.1. The molecule has 3 heterocycles. The van der Waals surface area contributed by atoms with Crippen LogP contribution in [0, 0.1) is 0 Å². The molecule has 0 amide bonds. The van der Waals surface area contributed by atoms with Gasteiger partial charge in [0, 0.05) is 0 Å². The first-order chi connectivity index (χ1) is 9.81. The van der Waals surface area contributed by atoms with Gasteiger partial charge >= 0.3 is 0 Å². The average molecular weight is 300 g/mol. The number of hydrogen-bond acceptors (Lipinski definition) is 6. The molecule has 0 unspecified atom stereocenters. The van der Waals surface area contributed by atoms with E-state index in [1.807, 2.05) is 27.7 Å². The molecule has 0 aromatic carbocycles. The highest BCUT2D eigenvalue weighted by Gasteiger charge is 2.58. The van der Waals surface area contributed by atoms with E-state index < -0.39 is 17.9 Å². The first kappa shape index (κ1) is 15.4. The molecule has 21 heavy (non-hydrogen) atoms. The highest BCUT2D eigenvalue weighted by atomic mass is 16.8. The summed E-state index contributed by atoms with van der Waals surface area (Å²) in [6, 6.07) is 0. The summed E-state index contributed by atoms with van der Waals surface area (Å²) < 4.78 is 35.3. The van der Waals surface area contributed by atoms with Crippen LogP contribution in [0.15, 0.2) is 12.7 Å². The van der Waals surface area contributed by atoms with E-state index in [4.69, 9.17) is 28.4 Å². The summed E-state index contributed by atoms with van der Waals surface area (Å²) in [5.74, 6) is -1.36. The Bertz CT molecular complexity index is 405. The van der Waals surface area contributed by atoms with Crippen LogP contribution in [0.2, 0.25) is 0 Å². The summed E-state index contributed by atoms with van der Waals surface area (Å²) >= 11 is 0. The van der Waals surface area contributed by atoms with Crippen molar-refractivity contribution in [1.82, 2.24) is 0 Å². The number of ether oxygens (including phenoxy) is 6. The molecule has 0 bridgehead atoms. The molecule has 3 aliphatic heterocycles. The number of hydrogen-bond donors (Lipinski definition) is 0. The van der Waals surface area contributed by atoms with Crippen molar-refractivity contribution in [3.8, 4) is 0 Å². The zero-order chi connectivity index (χ0) is 15.3. The van der Waals surface area contributed by atoms with Crippen LogP contribution >= 0.6 is 0 Å². The second-order valence-electron chi connectivity index (χ2n) is 6.52. The molecule has 3 rings (SSSR count). The fourth-order valence-corrected chi connectivity index (χ4v) is 3.02. The molecule has 0 aromatic rings. The van der Waals surface area contributed by atoms with Gasteiger partial charge in [0.05, 0.1) is 13.2 Å². The molecule has 5 atom stereocenters. The Morgan fingerprint density at radius 2 is 1.81 bits per heavy atom. The second kappa shape index (κ2) is 5.30. The summed E-state index contributed by atoms with van der Waals surface area (Å²) in [6.07, 6.45) is 0.153. The molecule has 0 spiro atoms. The Morgan fingerprint density at radius 3 is 2.52 bits per heavy atom. The van der Waals surface area contributed by atoms with Gasteiger partial charge in [0.25, 0.3) is 0 Å². The molecular weight excluding hydrogens is 276 g/mol. The zero-order valence-electron chi connectivity index (χ0n) is 13.0. The quantitative estimate of drug-likeness (QED) is 0.738. The van der Waals surface area contributed by atoms with Crippen molar-refractivity contribution in [2.24, 2.45) is 0 Å². The van der Waals surface area contributed by atoms with Gasteiger partial charge in [-0.05, 0) is 27.7 Å². The first-order valence-corrected chi connectivity index (χ1v) is 7.37. The topological polar surface area (TPSA) is 55.4 Å². The Hall–Kier alpha value is -0.500. The van der Waals surface area contributed by atoms with Crippen LogP contribution in [-0.2, 0) is 28.4 Å². The summed E-state index contributed by atoms with van der Waals surface area (Å²) in [7, 11) is 0. The van der Waals surface area contributed by atoms with Gasteiger partial charge in [-0.15, -0.1) is 6.58 Å². The van der Waals surface area contributed by atoms with E-state index in [1.165, 1.54) is 0 Å². The maximum Gasteiger partial charge on any atom is 0.190 e. The molecule has 3 saturated heterocycles. The minimum absolute atomic E-state index is 0.230. The minimum atomic E-state index is -0.699. The van der Waals surface area contributed by atoms with Crippen molar-refractivity contribution in [2.75, 3.05) is 13.2 Å². The van der Waals surface area contributed by atoms with Crippen LogP contribution in [0.4, 0.5) is 0 Å². The third-order valence-corrected chi connectivity index (χ3v) is 3.83. The highest BCUT2D eigenvalue weighted by molar-refractivity contribution is 4.98. The Kier molecular flexibility index (Phi) is 3.88. The molecule has 0 aliphatic carbocycles. The highest BCUT2D eigenvalue weighted by Crippen LogP contribution is 2.41. The van der Waals surface area contributed by atoms with Crippen LogP contribution in [0.25, 0.3) is 0 Å². The first-order valence-electron chi connectivity index (χ1n) is 7.37. The van der Waals surface area contributed by atoms with Crippen LogP contribution in [0.1, 0.15) is 27.7 Å². The van der Waals surface area contributed by atoms with E-state index >= 15 is 0 Å². The Labute approximate surface area is 125 Å². The van der Waals surface area contributed by atoms with Gasteiger partial charge in [-0.25, -0.2) is 0 Å². The maximum absolute atomic E-state index is 6.02. The largest absolute Gasteiger partial charge is 0.368 e. The van der Waals surface area contributed by atoms with Crippen LogP contribution < -0.4 is 0 Å². The summed E-state index contributed by atoms with van der Waals surface area (Å²) in [5, 5.41) is 0. The van der Waals surface area contributed by atoms with E-state index in [1.54, 1.807) is 6.08 Å². The molecule has 120 valence electrons. The van der Waals surface area contributed by atoms with Gasteiger partial charge in [0.15, 0.2) is 17.9 Å². The Morgan fingerprint density at radius 1 is 1.10 bits per heavy atom. The third-order valence-electron chi connectivity index (χ3n) is 3.83. The molecule has 0 N–H and O–H groups in total. The third kappa shape index (κ3) is 3.02. The van der Waals surface area contributed by atoms with Gasteiger partial charge in [-0.1, -0.05) is 6.08 Å². The van der Waals surface area contributed by atoms with E-state index in [9.17, 15) is 0 Å². The molecule has 6 nitrogen and oxygen atoms in total. The predicted octanol–water partition coefficient (Wildman–Crippen LogP) is 1.59. The molecular formula is C15H24O6. The molecule has 3 fully saturated rings. The molecule has 0 saturated carbocycles. The fraction of sp³-hybridized carbons (Fsp3) is 0.867. The van der Waals surface area contributed by atoms with Crippen molar-refractivity contribution >= 4 is 0 Å². The molecule has 6 heteroatoms. The number of fused-ring (bicyclic) bond motifs is 2. The SMILES string of the molecule is C=CCO[C@@H]1[C@@H]2OC(C)(C)O[C@@H]2O[C@@H]2COC(C)(C)O[C@@H]12. The van der Waals surface area contributed by atoms with Crippen LogP contribution in [0.5, 0.6) is 0 Å². The number of rotatable bonds is 3. The van der Waals surface area contributed by atoms with Gasteiger partial charge in [0.2, 0.25) is 0 Å². The van der Waals surface area contributed by atoms with E-state index in [-0.39, 0.29) is 24.4 Å². The zero-order valence-corrected chi connectivity index (χ0v) is 13.0. The lowest BCUT2D eigenvalue weighted by Gasteiger charge is -2.48. The second-order valence-corrected chi connectivity index (χ2v) is 6.52. The van der Waals surface area contributed by atoms with Crippen LogP contribution in [-0.4, -0.2) is 55.5 Å². The monoisotopic (exact) mass is 300 g/mol. The molecule has 0 aromatic heterocycles. The normalized spacial score (nSPS) is 43.9. The lowest BCUT2D eigenvalue weighted by Crippen LogP contribution is -2.64. The smallest absolute Gasteiger partial charge is 0.190 e. The van der Waals surface area contributed by atoms with E-state index in [0.29, 0.717) is 13.2 Å². The van der Waals surface area contributed by atoms with Crippen molar-refractivity contribution in [3.05, 3.63) is 12.7 Å². The van der Waals surface area contributed by atoms with Gasteiger partial charge in [-0.2, -0.15) is 0 Å². The van der Waals surface area contributed by atoms with Crippen molar-refractivity contribution in [3.63, 3.8) is 0 Å².